The van der Waals surface area contributed by atoms with Gasteiger partial charge in [-0.05, 0) is 60.7 Å². The first kappa shape index (κ1) is 15.5. The van der Waals surface area contributed by atoms with E-state index in [1.165, 1.54) is 24.3 Å². The predicted molar refractivity (Wildman–Crippen MR) is 76.0 cm³/mol. The van der Waals surface area contributed by atoms with Crippen molar-refractivity contribution in [2.45, 2.75) is 25.8 Å². The monoisotopic (exact) mass is 294 g/mol. The molecule has 1 unspecified atom stereocenters. The van der Waals surface area contributed by atoms with Crippen molar-refractivity contribution in [3.63, 3.8) is 0 Å². The highest BCUT2D eigenvalue weighted by Gasteiger charge is 2.12. The van der Waals surface area contributed by atoms with E-state index in [1.54, 1.807) is 6.07 Å². The zero-order valence-electron chi connectivity index (χ0n) is 11.7. The minimum absolute atomic E-state index is 0.199. The van der Waals surface area contributed by atoms with E-state index in [4.69, 9.17) is 5.84 Å². The second kappa shape index (κ2) is 6.74. The van der Waals surface area contributed by atoms with Crippen LogP contribution in [0.5, 0.6) is 0 Å². The Hall–Kier alpha value is -1.85. The molecule has 0 radical (unpaired) electrons. The van der Waals surface area contributed by atoms with Gasteiger partial charge < -0.3 is 0 Å². The average Bonchev–Trinajstić information content (AvgIpc) is 2.39. The molecule has 2 rings (SSSR count). The molecule has 2 aromatic rings. The fourth-order valence-corrected chi connectivity index (χ4v) is 2.36. The second-order valence-corrected chi connectivity index (χ2v) is 5.12. The van der Waals surface area contributed by atoms with Gasteiger partial charge in [-0.15, -0.1) is 0 Å². The summed E-state index contributed by atoms with van der Waals surface area (Å²) in [6.45, 7) is 1.81. The van der Waals surface area contributed by atoms with E-state index in [2.05, 4.69) is 5.43 Å². The molecule has 0 saturated carbocycles. The molecule has 2 nitrogen and oxygen atoms in total. The number of hydrogen-bond donors (Lipinski definition) is 2. The van der Waals surface area contributed by atoms with Crippen molar-refractivity contribution < 1.29 is 13.2 Å². The summed E-state index contributed by atoms with van der Waals surface area (Å²) in [5.74, 6) is 4.00. The van der Waals surface area contributed by atoms with Crippen molar-refractivity contribution in [3.05, 3.63) is 70.5 Å². The minimum atomic E-state index is -0.612. The van der Waals surface area contributed by atoms with Crippen molar-refractivity contribution in [1.82, 2.24) is 5.43 Å². The number of hydrazine groups is 1. The largest absolute Gasteiger partial charge is 0.271 e. The maximum absolute atomic E-state index is 13.2. The molecular weight excluding hydrogens is 277 g/mol. The number of benzene rings is 2. The van der Waals surface area contributed by atoms with E-state index >= 15 is 0 Å². The smallest absolute Gasteiger partial charge is 0.126 e. The number of aryl methyl sites for hydroxylation is 1. The van der Waals surface area contributed by atoms with Gasteiger partial charge in [0, 0.05) is 12.1 Å². The predicted octanol–water partition coefficient (Wildman–Crippen LogP) is 3.03. The Labute approximate surface area is 121 Å². The van der Waals surface area contributed by atoms with Crippen molar-refractivity contribution in [3.8, 4) is 0 Å². The van der Waals surface area contributed by atoms with Crippen LogP contribution < -0.4 is 11.3 Å². The molecule has 0 aliphatic carbocycles. The highest BCUT2D eigenvalue weighted by Crippen LogP contribution is 2.15. The van der Waals surface area contributed by atoms with Gasteiger partial charge in [0.05, 0.1) is 0 Å². The summed E-state index contributed by atoms with van der Waals surface area (Å²) in [6.07, 6.45) is 0.919. The molecule has 0 fully saturated rings. The van der Waals surface area contributed by atoms with Gasteiger partial charge in [-0.1, -0.05) is 6.07 Å². The fourth-order valence-electron chi connectivity index (χ4n) is 2.36. The molecular formula is C16H17F3N2. The molecule has 3 N–H and O–H groups in total. The average molecular weight is 294 g/mol. The molecule has 0 aromatic heterocycles. The summed E-state index contributed by atoms with van der Waals surface area (Å²) in [6, 6.07) is 7.73. The van der Waals surface area contributed by atoms with Crippen LogP contribution in [0.25, 0.3) is 0 Å². The molecule has 0 amide bonds. The van der Waals surface area contributed by atoms with Gasteiger partial charge >= 0.3 is 0 Å². The third kappa shape index (κ3) is 4.31. The summed E-state index contributed by atoms with van der Waals surface area (Å²) in [4.78, 5) is 0. The molecule has 0 spiro atoms. The zero-order valence-corrected chi connectivity index (χ0v) is 11.7. The van der Waals surface area contributed by atoms with Crippen molar-refractivity contribution in [2.75, 3.05) is 0 Å². The Kier molecular flexibility index (Phi) is 4.98. The molecule has 112 valence electrons. The topological polar surface area (TPSA) is 38.0 Å². The molecule has 5 heteroatoms. The number of rotatable bonds is 5. The molecule has 0 aliphatic rings. The van der Waals surface area contributed by atoms with Crippen LogP contribution in [0.3, 0.4) is 0 Å². The first-order chi connectivity index (χ1) is 9.97. The van der Waals surface area contributed by atoms with Gasteiger partial charge in [0.15, 0.2) is 0 Å². The molecule has 0 saturated heterocycles. The lowest BCUT2D eigenvalue weighted by atomic mass is 9.96. The lowest BCUT2D eigenvalue weighted by Crippen LogP contribution is -2.38. The molecule has 0 aliphatic heterocycles. The quantitative estimate of drug-likeness (QED) is 0.657. The van der Waals surface area contributed by atoms with Crippen LogP contribution in [0.15, 0.2) is 36.4 Å². The summed E-state index contributed by atoms with van der Waals surface area (Å²) in [7, 11) is 0. The molecule has 21 heavy (non-hydrogen) atoms. The van der Waals surface area contributed by atoms with E-state index < -0.39 is 11.6 Å². The molecule has 0 heterocycles. The number of halogens is 3. The lowest BCUT2D eigenvalue weighted by molar-refractivity contribution is 0.514. The lowest BCUT2D eigenvalue weighted by Gasteiger charge is -2.17. The van der Waals surface area contributed by atoms with Crippen LogP contribution in [0.1, 0.15) is 16.7 Å². The summed E-state index contributed by atoms with van der Waals surface area (Å²) in [5.41, 5.74) is 4.93. The van der Waals surface area contributed by atoms with Gasteiger partial charge in [0.2, 0.25) is 0 Å². The maximum Gasteiger partial charge on any atom is 0.126 e. The first-order valence-corrected chi connectivity index (χ1v) is 6.64. The molecule has 2 aromatic carbocycles. The van der Waals surface area contributed by atoms with Crippen LogP contribution in [-0.2, 0) is 12.8 Å². The number of hydrogen-bond acceptors (Lipinski definition) is 2. The standard InChI is InChI=1S/C16H17F3N2/c1-10-4-13(17)3-2-12(10)8-16(21-20)7-11-5-14(18)9-15(19)6-11/h2-6,9,16,21H,7-8,20H2,1H3. The third-order valence-electron chi connectivity index (χ3n) is 3.41. The molecule has 0 bridgehead atoms. The van der Waals surface area contributed by atoms with E-state index in [0.29, 0.717) is 18.4 Å². The van der Waals surface area contributed by atoms with Crippen molar-refractivity contribution in [1.29, 1.82) is 0 Å². The third-order valence-corrected chi connectivity index (χ3v) is 3.41. The summed E-state index contributed by atoms with van der Waals surface area (Å²) < 4.78 is 39.4. The molecule has 1 atom stereocenters. The second-order valence-electron chi connectivity index (χ2n) is 5.12. The van der Waals surface area contributed by atoms with Crippen molar-refractivity contribution >= 4 is 0 Å². The van der Waals surface area contributed by atoms with Crippen LogP contribution >= 0.6 is 0 Å². The highest BCUT2D eigenvalue weighted by molar-refractivity contribution is 5.28. The number of nitrogens with two attached hydrogens (primary N) is 1. The Morgan fingerprint density at radius 2 is 1.62 bits per heavy atom. The Morgan fingerprint density at radius 3 is 2.19 bits per heavy atom. The normalized spacial score (nSPS) is 12.4. The van der Waals surface area contributed by atoms with Gasteiger partial charge in [-0.25, -0.2) is 13.2 Å². The zero-order chi connectivity index (χ0) is 15.4. The van der Waals surface area contributed by atoms with E-state index in [1.807, 2.05) is 6.92 Å². The first-order valence-electron chi connectivity index (χ1n) is 6.64. The van der Waals surface area contributed by atoms with E-state index in [-0.39, 0.29) is 11.9 Å². The minimum Gasteiger partial charge on any atom is -0.271 e. The van der Waals surface area contributed by atoms with Crippen LogP contribution in [0, 0.1) is 24.4 Å². The fraction of sp³-hybridized carbons (Fsp3) is 0.250. The number of nitrogens with one attached hydrogen (secondary N) is 1. The summed E-state index contributed by atoms with van der Waals surface area (Å²) in [5, 5.41) is 0. The van der Waals surface area contributed by atoms with Crippen LogP contribution in [0.4, 0.5) is 13.2 Å². The van der Waals surface area contributed by atoms with Gasteiger partial charge in [0.25, 0.3) is 0 Å². The SMILES string of the molecule is Cc1cc(F)ccc1CC(Cc1cc(F)cc(F)c1)NN. The maximum atomic E-state index is 13.2. The highest BCUT2D eigenvalue weighted by atomic mass is 19.1. The Balaban J connectivity index is 2.12. The van der Waals surface area contributed by atoms with E-state index in [0.717, 1.165) is 17.2 Å². The Morgan fingerprint density at radius 1 is 0.952 bits per heavy atom. The van der Waals surface area contributed by atoms with Crippen molar-refractivity contribution in [2.24, 2.45) is 5.84 Å². The van der Waals surface area contributed by atoms with Gasteiger partial charge in [-0.2, -0.15) is 0 Å². The Bertz CT molecular complexity index is 609. The van der Waals surface area contributed by atoms with Crippen LogP contribution in [0.2, 0.25) is 0 Å². The van der Waals surface area contributed by atoms with E-state index in [9.17, 15) is 13.2 Å². The van der Waals surface area contributed by atoms with Gasteiger partial charge in [-0.3, -0.25) is 11.3 Å². The van der Waals surface area contributed by atoms with Gasteiger partial charge in [0.1, 0.15) is 17.5 Å². The summed E-state index contributed by atoms with van der Waals surface area (Å²) >= 11 is 0. The van der Waals surface area contributed by atoms with Crippen LogP contribution in [-0.4, -0.2) is 6.04 Å².